The molecular formula is C16H20INO2. The number of hydrogen-bond donors (Lipinski definition) is 2. The van der Waals surface area contributed by atoms with E-state index in [-0.39, 0.29) is 17.7 Å². The van der Waals surface area contributed by atoms with Gasteiger partial charge in [0, 0.05) is 11.6 Å². The first kappa shape index (κ1) is 14.2. The molecule has 3 nitrogen and oxygen atoms in total. The van der Waals surface area contributed by atoms with Crippen molar-refractivity contribution < 1.29 is 9.90 Å². The standard InChI is InChI=1S/C16H20INO2/c1-9(13-7-10-2-3-11(13)6-10)18-16(20)12-4-5-14(17)15(19)8-12/h4-5,8-11,13,19H,2-3,6-7H2,1H3,(H,18,20). The molecule has 20 heavy (non-hydrogen) atoms. The molecule has 2 bridgehead atoms. The summed E-state index contributed by atoms with van der Waals surface area (Å²) in [6.45, 7) is 2.12. The van der Waals surface area contributed by atoms with Crippen LogP contribution in [0.1, 0.15) is 43.0 Å². The van der Waals surface area contributed by atoms with Gasteiger partial charge in [-0.15, -0.1) is 0 Å². The van der Waals surface area contributed by atoms with Gasteiger partial charge in [-0.2, -0.15) is 0 Å². The van der Waals surface area contributed by atoms with E-state index >= 15 is 0 Å². The first-order chi connectivity index (χ1) is 9.54. The van der Waals surface area contributed by atoms with E-state index in [0.717, 1.165) is 15.4 Å². The van der Waals surface area contributed by atoms with Gasteiger partial charge < -0.3 is 10.4 Å². The van der Waals surface area contributed by atoms with Gasteiger partial charge in [0.2, 0.25) is 0 Å². The van der Waals surface area contributed by atoms with Crippen LogP contribution in [0.15, 0.2) is 18.2 Å². The molecule has 1 amide bonds. The Bertz CT molecular complexity index is 531. The summed E-state index contributed by atoms with van der Waals surface area (Å²) < 4.78 is 0.764. The van der Waals surface area contributed by atoms with Crippen molar-refractivity contribution in [2.24, 2.45) is 17.8 Å². The Morgan fingerprint density at radius 3 is 2.80 bits per heavy atom. The summed E-state index contributed by atoms with van der Waals surface area (Å²) in [5.74, 6) is 2.43. The largest absolute Gasteiger partial charge is 0.507 e. The summed E-state index contributed by atoms with van der Waals surface area (Å²) in [4.78, 5) is 12.3. The Morgan fingerprint density at radius 1 is 1.40 bits per heavy atom. The number of phenols is 1. The molecule has 0 spiro atoms. The van der Waals surface area contributed by atoms with E-state index in [1.165, 1.54) is 25.7 Å². The van der Waals surface area contributed by atoms with Gasteiger partial charge in [0.15, 0.2) is 0 Å². The first-order valence-corrected chi connectivity index (χ1v) is 8.42. The number of benzene rings is 1. The molecule has 4 unspecified atom stereocenters. The highest BCUT2D eigenvalue weighted by molar-refractivity contribution is 14.1. The van der Waals surface area contributed by atoms with Crippen LogP contribution in [0.3, 0.4) is 0 Å². The van der Waals surface area contributed by atoms with Crippen molar-refractivity contribution in [2.75, 3.05) is 0 Å². The fraction of sp³-hybridized carbons (Fsp3) is 0.562. The lowest BCUT2D eigenvalue weighted by molar-refractivity contribution is 0.0915. The number of carbonyl (C=O) groups is 1. The number of phenolic OH excluding ortho intramolecular Hbond substituents is 1. The summed E-state index contributed by atoms with van der Waals surface area (Å²) in [5, 5.41) is 12.8. The molecule has 1 aromatic rings. The molecule has 2 aliphatic carbocycles. The van der Waals surface area contributed by atoms with Gasteiger partial charge in [0.05, 0.1) is 3.57 Å². The number of carbonyl (C=O) groups excluding carboxylic acids is 1. The predicted molar refractivity (Wildman–Crippen MR) is 86.7 cm³/mol. The van der Waals surface area contributed by atoms with Crippen molar-refractivity contribution >= 4 is 28.5 Å². The van der Waals surface area contributed by atoms with Gasteiger partial charge in [-0.3, -0.25) is 4.79 Å². The van der Waals surface area contributed by atoms with Gasteiger partial charge in [-0.25, -0.2) is 0 Å². The maximum atomic E-state index is 12.3. The number of hydrogen-bond acceptors (Lipinski definition) is 2. The number of aromatic hydroxyl groups is 1. The summed E-state index contributed by atoms with van der Waals surface area (Å²) >= 11 is 2.05. The third-order valence-corrected chi connectivity index (χ3v) is 5.91. The lowest BCUT2D eigenvalue weighted by Crippen LogP contribution is -2.40. The van der Waals surface area contributed by atoms with Crippen LogP contribution < -0.4 is 5.32 Å². The van der Waals surface area contributed by atoms with Crippen LogP contribution in [-0.2, 0) is 0 Å². The Hall–Kier alpha value is -0.780. The van der Waals surface area contributed by atoms with E-state index < -0.39 is 0 Å². The zero-order valence-electron chi connectivity index (χ0n) is 11.6. The molecule has 108 valence electrons. The smallest absolute Gasteiger partial charge is 0.251 e. The van der Waals surface area contributed by atoms with E-state index in [1.54, 1.807) is 18.2 Å². The van der Waals surface area contributed by atoms with Gasteiger partial charge in [0.1, 0.15) is 5.75 Å². The highest BCUT2D eigenvalue weighted by atomic mass is 127. The van der Waals surface area contributed by atoms with Crippen LogP contribution >= 0.6 is 22.6 Å². The Morgan fingerprint density at radius 2 is 2.20 bits per heavy atom. The Labute approximate surface area is 133 Å². The normalized spacial score (nSPS) is 29.4. The SMILES string of the molecule is CC(NC(=O)c1ccc(I)c(O)c1)C1CC2CCC1C2. The monoisotopic (exact) mass is 385 g/mol. The van der Waals surface area contributed by atoms with Crippen molar-refractivity contribution in [2.45, 2.75) is 38.6 Å². The molecular weight excluding hydrogens is 365 g/mol. The molecule has 2 saturated carbocycles. The third kappa shape index (κ3) is 2.67. The fourth-order valence-electron chi connectivity index (χ4n) is 3.96. The zero-order chi connectivity index (χ0) is 14.3. The van der Waals surface area contributed by atoms with Crippen molar-refractivity contribution in [1.82, 2.24) is 5.32 Å². The van der Waals surface area contributed by atoms with Gasteiger partial charge in [-0.1, -0.05) is 6.42 Å². The summed E-state index contributed by atoms with van der Waals surface area (Å²) in [6.07, 6.45) is 5.34. The highest BCUT2D eigenvalue weighted by Gasteiger charge is 2.42. The highest BCUT2D eigenvalue weighted by Crippen LogP contribution is 2.49. The van der Waals surface area contributed by atoms with E-state index in [2.05, 4.69) is 34.8 Å². The molecule has 1 aromatic carbocycles. The quantitative estimate of drug-likeness (QED) is 0.782. The molecule has 3 rings (SSSR count). The number of nitrogens with one attached hydrogen (secondary N) is 1. The molecule has 0 aromatic heterocycles. The lowest BCUT2D eigenvalue weighted by atomic mass is 9.84. The second-order valence-corrected chi connectivity index (χ2v) is 7.43. The van der Waals surface area contributed by atoms with E-state index in [4.69, 9.17) is 0 Å². The van der Waals surface area contributed by atoms with Crippen LogP contribution in [0.25, 0.3) is 0 Å². The average molecular weight is 385 g/mol. The number of halogens is 1. The summed E-state index contributed by atoms with van der Waals surface area (Å²) in [5.41, 5.74) is 0.540. The average Bonchev–Trinajstić information content (AvgIpc) is 3.04. The molecule has 4 heteroatoms. The van der Waals surface area contributed by atoms with Crippen LogP contribution in [0.2, 0.25) is 0 Å². The molecule has 0 aliphatic heterocycles. The van der Waals surface area contributed by atoms with Crippen molar-refractivity contribution in [3.63, 3.8) is 0 Å². The summed E-state index contributed by atoms with van der Waals surface area (Å²) in [6, 6.07) is 5.31. The van der Waals surface area contributed by atoms with Gasteiger partial charge in [0.25, 0.3) is 5.91 Å². The van der Waals surface area contributed by atoms with Crippen LogP contribution in [0, 0.1) is 21.3 Å². The minimum atomic E-state index is -0.0769. The molecule has 4 atom stereocenters. The molecule has 0 saturated heterocycles. The van der Waals surface area contributed by atoms with E-state index in [1.807, 2.05) is 0 Å². The maximum Gasteiger partial charge on any atom is 0.251 e. The number of fused-ring (bicyclic) bond motifs is 2. The third-order valence-electron chi connectivity index (χ3n) is 5.00. The van der Waals surface area contributed by atoms with E-state index in [9.17, 15) is 9.90 Å². The fourth-order valence-corrected chi connectivity index (χ4v) is 4.29. The summed E-state index contributed by atoms with van der Waals surface area (Å²) in [7, 11) is 0. The minimum absolute atomic E-state index is 0.0769. The van der Waals surface area contributed by atoms with Crippen molar-refractivity contribution in [1.29, 1.82) is 0 Å². The van der Waals surface area contributed by atoms with Crippen LogP contribution in [0.5, 0.6) is 5.75 Å². The maximum absolute atomic E-state index is 12.3. The zero-order valence-corrected chi connectivity index (χ0v) is 13.8. The minimum Gasteiger partial charge on any atom is -0.507 e. The molecule has 2 fully saturated rings. The second-order valence-electron chi connectivity index (χ2n) is 6.27. The van der Waals surface area contributed by atoms with Crippen LogP contribution in [-0.4, -0.2) is 17.1 Å². The molecule has 2 aliphatic rings. The van der Waals surface area contributed by atoms with Crippen molar-refractivity contribution in [3.8, 4) is 5.75 Å². The number of rotatable bonds is 3. The first-order valence-electron chi connectivity index (χ1n) is 7.34. The predicted octanol–water partition coefficient (Wildman–Crippen LogP) is 3.55. The Balaban J connectivity index is 1.65. The Kier molecular flexibility index (Phi) is 3.93. The molecule has 0 radical (unpaired) electrons. The van der Waals surface area contributed by atoms with Gasteiger partial charge >= 0.3 is 0 Å². The molecule has 0 heterocycles. The van der Waals surface area contributed by atoms with Crippen molar-refractivity contribution in [3.05, 3.63) is 27.3 Å². The second kappa shape index (κ2) is 5.54. The van der Waals surface area contributed by atoms with E-state index in [0.29, 0.717) is 11.5 Å². The lowest BCUT2D eigenvalue weighted by Gasteiger charge is -2.28. The number of amides is 1. The topological polar surface area (TPSA) is 49.3 Å². The molecule has 2 N–H and O–H groups in total. The van der Waals surface area contributed by atoms with Crippen LogP contribution in [0.4, 0.5) is 0 Å². The van der Waals surface area contributed by atoms with Gasteiger partial charge in [-0.05, 0) is 84.7 Å².